The van der Waals surface area contributed by atoms with E-state index >= 15 is 0 Å². The van der Waals surface area contributed by atoms with Crippen LogP contribution in [0.25, 0.3) is 0 Å². The summed E-state index contributed by atoms with van der Waals surface area (Å²) in [7, 11) is 1.41. The molecular formula is C8H17NP+. The molecule has 0 saturated carbocycles. The fraction of sp³-hybridized carbons (Fsp3) is 0.750. The highest BCUT2D eigenvalue weighted by atomic mass is 31.2. The average molecular weight is 158 g/mol. The van der Waals surface area contributed by atoms with Gasteiger partial charge in [-0.2, -0.15) is 0 Å². The van der Waals surface area contributed by atoms with Crippen LogP contribution in [0.2, 0.25) is 0 Å². The third-order valence-electron chi connectivity index (χ3n) is 2.64. The third-order valence-corrected chi connectivity index (χ3v) is 7.35. The van der Waals surface area contributed by atoms with E-state index in [0.717, 1.165) is 5.66 Å². The first-order valence-corrected chi connectivity index (χ1v) is 6.30. The van der Waals surface area contributed by atoms with Crippen LogP contribution in [0.3, 0.4) is 0 Å². The molecule has 1 saturated heterocycles. The second kappa shape index (κ2) is 2.54. The van der Waals surface area contributed by atoms with Gasteiger partial charge >= 0.3 is 0 Å². The topological polar surface area (TPSA) is 12.0 Å². The molecule has 0 bridgehead atoms. The van der Waals surface area contributed by atoms with Crippen molar-refractivity contribution in [1.29, 1.82) is 0 Å². The van der Waals surface area contributed by atoms with E-state index in [9.17, 15) is 0 Å². The van der Waals surface area contributed by atoms with Gasteiger partial charge in [0, 0.05) is 13.2 Å². The van der Waals surface area contributed by atoms with Crippen molar-refractivity contribution in [2.45, 2.75) is 19.5 Å². The summed E-state index contributed by atoms with van der Waals surface area (Å²) in [5, 5.41) is 4.70. The molecule has 0 aromatic heterocycles. The minimum atomic E-state index is -0.566. The molecule has 0 aliphatic carbocycles. The van der Waals surface area contributed by atoms with Crippen molar-refractivity contribution in [2.75, 3.05) is 19.9 Å². The zero-order valence-electron chi connectivity index (χ0n) is 7.31. The maximum absolute atomic E-state index is 3.10. The second-order valence-electron chi connectivity index (χ2n) is 3.37. The normalized spacial score (nSPS) is 39.6. The van der Waals surface area contributed by atoms with E-state index in [-0.39, 0.29) is 0 Å². The van der Waals surface area contributed by atoms with Crippen LogP contribution in [0.5, 0.6) is 0 Å². The zero-order valence-corrected chi connectivity index (χ0v) is 8.20. The molecule has 0 spiro atoms. The van der Waals surface area contributed by atoms with Crippen molar-refractivity contribution in [1.82, 2.24) is 5.32 Å². The Bertz CT molecular complexity index is 165. The molecule has 2 heteroatoms. The van der Waals surface area contributed by atoms with Gasteiger partial charge in [-0.1, -0.05) is 0 Å². The quantitative estimate of drug-likeness (QED) is 0.607. The zero-order chi connectivity index (χ0) is 7.78. The number of rotatable bonds is 2. The standard InChI is InChI=1S/C8H17NP/c1-7(5-9-3)10(4)6-8(10)2/h5,8-9H,6H2,1-4H3/q+1/b7-5+/t8-,10?/m1/s1. The summed E-state index contributed by atoms with van der Waals surface area (Å²) >= 11 is 0. The van der Waals surface area contributed by atoms with Crippen LogP contribution in [-0.4, -0.2) is 25.5 Å². The molecular weight excluding hydrogens is 141 g/mol. The molecule has 10 heavy (non-hydrogen) atoms. The molecule has 0 aromatic carbocycles. The van der Waals surface area contributed by atoms with Crippen LogP contribution in [0.1, 0.15) is 13.8 Å². The molecule has 1 nitrogen and oxygen atoms in total. The molecule has 1 unspecified atom stereocenters. The van der Waals surface area contributed by atoms with E-state index in [1.54, 1.807) is 5.31 Å². The predicted octanol–water partition coefficient (Wildman–Crippen LogP) is 2.12. The lowest BCUT2D eigenvalue weighted by atomic mass is 10.6. The number of allylic oxidation sites excluding steroid dienone is 1. The van der Waals surface area contributed by atoms with Crippen molar-refractivity contribution in [3.05, 3.63) is 11.5 Å². The van der Waals surface area contributed by atoms with Crippen molar-refractivity contribution < 1.29 is 0 Å². The average Bonchev–Trinajstić information content (AvgIpc) is 2.43. The highest BCUT2D eigenvalue weighted by Crippen LogP contribution is 2.80. The van der Waals surface area contributed by atoms with Gasteiger partial charge in [-0.05, 0) is 13.8 Å². The summed E-state index contributed by atoms with van der Waals surface area (Å²) in [6.45, 7) is 7.06. The first kappa shape index (κ1) is 8.07. The lowest BCUT2D eigenvalue weighted by Crippen LogP contribution is -1.94. The van der Waals surface area contributed by atoms with Crippen molar-refractivity contribution in [2.24, 2.45) is 0 Å². The van der Waals surface area contributed by atoms with E-state index in [0.29, 0.717) is 0 Å². The summed E-state index contributed by atoms with van der Waals surface area (Å²) < 4.78 is 0. The molecule has 1 aliphatic rings. The summed E-state index contributed by atoms with van der Waals surface area (Å²) in [4.78, 5) is 0. The molecule has 2 atom stereocenters. The van der Waals surface area contributed by atoms with Crippen LogP contribution >= 0.6 is 7.26 Å². The molecule has 1 rings (SSSR count). The Hall–Kier alpha value is -0.0300. The fourth-order valence-electron chi connectivity index (χ4n) is 1.35. The molecule has 0 radical (unpaired) electrons. The van der Waals surface area contributed by atoms with Crippen LogP contribution in [0, 0.1) is 0 Å². The molecule has 58 valence electrons. The van der Waals surface area contributed by atoms with Gasteiger partial charge in [0.25, 0.3) is 0 Å². The van der Waals surface area contributed by atoms with Crippen molar-refractivity contribution in [3.8, 4) is 0 Å². The number of nitrogens with one attached hydrogen (secondary N) is 1. The third kappa shape index (κ3) is 1.20. The lowest BCUT2D eigenvalue weighted by molar-refractivity contribution is 1.09. The first-order chi connectivity index (χ1) is 4.61. The van der Waals surface area contributed by atoms with Crippen LogP contribution in [0.15, 0.2) is 11.5 Å². The molecule has 1 fully saturated rings. The van der Waals surface area contributed by atoms with Gasteiger partial charge in [-0.3, -0.25) is 0 Å². The van der Waals surface area contributed by atoms with Crippen molar-refractivity contribution >= 4 is 7.26 Å². The van der Waals surface area contributed by atoms with E-state index < -0.39 is 7.26 Å². The summed E-state index contributed by atoms with van der Waals surface area (Å²) in [5.41, 5.74) is 0.997. The van der Waals surface area contributed by atoms with Gasteiger partial charge in [0.1, 0.15) is 11.8 Å². The first-order valence-electron chi connectivity index (χ1n) is 3.81. The van der Waals surface area contributed by atoms with Crippen LogP contribution in [-0.2, 0) is 0 Å². The van der Waals surface area contributed by atoms with Gasteiger partial charge in [-0.25, -0.2) is 0 Å². The van der Waals surface area contributed by atoms with Crippen molar-refractivity contribution in [3.63, 3.8) is 0 Å². The van der Waals surface area contributed by atoms with Gasteiger partial charge < -0.3 is 5.32 Å². The van der Waals surface area contributed by atoms with E-state index in [1.807, 2.05) is 7.05 Å². The van der Waals surface area contributed by atoms with E-state index in [4.69, 9.17) is 0 Å². The predicted molar refractivity (Wildman–Crippen MR) is 50.0 cm³/mol. The summed E-state index contributed by atoms with van der Waals surface area (Å²) in [6, 6.07) is 0. The largest absolute Gasteiger partial charge is 0.391 e. The SMILES string of the molecule is CN/C=C(\C)[P+]1(C)C[C@H]1C. The monoisotopic (exact) mass is 158 g/mol. The Balaban J connectivity index is 2.58. The molecule has 1 aliphatic heterocycles. The Morgan fingerprint density at radius 1 is 1.70 bits per heavy atom. The highest BCUT2D eigenvalue weighted by Gasteiger charge is 2.57. The number of hydrogen-bond acceptors (Lipinski definition) is 1. The summed E-state index contributed by atoms with van der Waals surface area (Å²) in [6.07, 6.45) is 3.63. The Labute approximate surface area is 64.2 Å². The van der Waals surface area contributed by atoms with E-state index in [1.165, 1.54) is 6.16 Å². The smallest absolute Gasteiger partial charge is 0.105 e. The van der Waals surface area contributed by atoms with Gasteiger partial charge in [0.15, 0.2) is 0 Å². The lowest BCUT2D eigenvalue weighted by Gasteiger charge is -2.01. The van der Waals surface area contributed by atoms with Gasteiger partial charge in [-0.15, -0.1) is 0 Å². The Kier molecular flexibility index (Phi) is 2.05. The fourth-order valence-corrected chi connectivity index (χ4v) is 4.50. The summed E-state index contributed by atoms with van der Waals surface area (Å²) in [5.74, 6) is 0. The molecule has 0 aromatic rings. The van der Waals surface area contributed by atoms with Gasteiger partial charge in [0.2, 0.25) is 0 Å². The number of hydrogen-bond donors (Lipinski definition) is 1. The van der Waals surface area contributed by atoms with Crippen LogP contribution in [0.4, 0.5) is 0 Å². The Morgan fingerprint density at radius 3 is 2.50 bits per heavy atom. The molecule has 1 heterocycles. The maximum atomic E-state index is 3.10. The van der Waals surface area contributed by atoms with Gasteiger partial charge in [0.05, 0.1) is 19.2 Å². The molecule has 1 N–H and O–H groups in total. The highest BCUT2D eigenvalue weighted by molar-refractivity contribution is 7.86. The maximum Gasteiger partial charge on any atom is 0.105 e. The Morgan fingerprint density at radius 2 is 2.20 bits per heavy atom. The molecule has 0 amide bonds. The minimum Gasteiger partial charge on any atom is -0.391 e. The second-order valence-corrected chi connectivity index (χ2v) is 7.86. The van der Waals surface area contributed by atoms with E-state index in [2.05, 4.69) is 32.0 Å². The minimum absolute atomic E-state index is 0.566. The van der Waals surface area contributed by atoms with Crippen LogP contribution < -0.4 is 5.32 Å².